The van der Waals surface area contributed by atoms with Crippen molar-refractivity contribution in [2.45, 2.75) is 52.6 Å². The van der Waals surface area contributed by atoms with Crippen molar-refractivity contribution in [2.24, 2.45) is 11.8 Å². The van der Waals surface area contributed by atoms with Gasteiger partial charge < -0.3 is 10.2 Å². The molecule has 0 spiro atoms. The highest BCUT2D eigenvalue weighted by Crippen LogP contribution is 2.35. The first-order valence-electron chi connectivity index (χ1n) is 8.11. The van der Waals surface area contributed by atoms with Gasteiger partial charge in [0, 0.05) is 24.3 Å². The van der Waals surface area contributed by atoms with Crippen LogP contribution in [0.4, 0.5) is 5.69 Å². The number of hydrogen-bond acceptors (Lipinski definition) is 2. The molecular formula is C18H30N2. The van der Waals surface area contributed by atoms with Gasteiger partial charge in [-0.25, -0.2) is 0 Å². The minimum absolute atomic E-state index is 0.450. The minimum Gasteiger partial charge on any atom is -0.368 e. The normalized spacial score (nSPS) is 28.4. The van der Waals surface area contributed by atoms with E-state index < -0.39 is 0 Å². The summed E-state index contributed by atoms with van der Waals surface area (Å²) in [6.45, 7) is 10.6. The van der Waals surface area contributed by atoms with Crippen LogP contribution in [-0.2, 0) is 0 Å². The van der Waals surface area contributed by atoms with Crippen LogP contribution >= 0.6 is 0 Å². The van der Waals surface area contributed by atoms with Gasteiger partial charge in [0.05, 0.1) is 0 Å². The van der Waals surface area contributed by atoms with Crippen molar-refractivity contribution in [2.75, 3.05) is 18.5 Å². The van der Waals surface area contributed by atoms with Crippen LogP contribution in [0.5, 0.6) is 0 Å². The summed E-state index contributed by atoms with van der Waals surface area (Å²) in [5.41, 5.74) is 2.88. The first-order chi connectivity index (χ1) is 9.58. The lowest BCUT2D eigenvalue weighted by Crippen LogP contribution is -2.46. The molecule has 1 aromatic rings. The predicted octanol–water partition coefficient (Wildman–Crippen LogP) is 4.23. The molecule has 0 radical (unpaired) electrons. The Morgan fingerprint density at radius 1 is 1.25 bits per heavy atom. The van der Waals surface area contributed by atoms with Gasteiger partial charge in [0.2, 0.25) is 0 Å². The van der Waals surface area contributed by atoms with Gasteiger partial charge in [0.15, 0.2) is 0 Å². The van der Waals surface area contributed by atoms with Crippen LogP contribution in [0, 0.1) is 11.8 Å². The number of hydrogen-bond donors (Lipinski definition) is 1. The van der Waals surface area contributed by atoms with Gasteiger partial charge in [0.1, 0.15) is 0 Å². The van der Waals surface area contributed by atoms with Crippen molar-refractivity contribution in [3.05, 3.63) is 29.8 Å². The standard InChI is InChI=1S/C18H30N2/c1-6-17(19-5)16-9-7-8-10-18(16)20-12-13(2)11-14(3)15(20)4/h7-10,13-15,17,19H,6,11-12H2,1-5H3. The number of nitrogens with zero attached hydrogens (tertiary/aromatic N) is 1. The zero-order valence-corrected chi connectivity index (χ0v) is 13.7. The molecule has 1 aliphatic rings. The Labute approximate surface area is 124 Å². The van der Waals surface area contributed by atoms with Crippen LogP contribution in [0.2, 0.25) is 0 Å². The fourth-order valence-corrected chi connectivity index (χ4v) is 3.66. The zero-order chi connectivity index (χ0) is 14.7. The van der Waals surface area contributed by atoms with E-state index in [1.54, 1.807) is 0 Å². The summed E-state index contributed by atoms with van der Waals surface area (Å²) < 4.78 is 0. The molecule has 1 aliphatic heterocycles. The summed E-state index contributed by atoms with van der Waals surface area (Å²) >= 11 is 0. The van der Waals surface area contributed by atoms with E-state index in [0.29, 0.717) is 12.1 Å². The molecule has 1 saturated heterocycles. The third-order valence-corrected chi connectivity index (χ3v) is 4.98. The second kappa shape index (κ2) is 6.62. The third kappa shape index (κ3) is 3.01. The smallest absolute Gasteiger partial charge is 0.0417 e. The molecule has 0 saturated carbocycles. The van der Waals surface area contributed by atoms with E-state index in [-0.39, 0.29) is 0 Å². The molecule has 2 nitrogen and oxygen atoms in total. The van der Waals surface area contributed by atoms with Crippen molar-refractivity contribution in [3.8, 4) is 0 Å². The lowest BCUT2D eigenvalue weighted by Gasteiger charge is -2.44. The minimum atomic E-state index is 0.450. The molecule has 4 unspecified atom stereocenters. The number of rotatable bonds is 4. The molecule has 0 amide bonds. The summed E-state index contributed by atoms with van der Waals surface area (Å²) in [4.78, 5) is 2.63. The van der Waals surface area contributed by atoms with Gasteiger partial charge >= 0.3 is 0 Å². The van der Waals surface area contributed by atoms with E-state index in [4.69, 9.17) is 0 Å². The van der Waals surface area contributed by atoms with Crippen LogP contribution in [0.15, 0.2) is 24.3 Å². The second-order valence-electron chi connectivity index (χ2n) is 6.52. The Kier molecular flexibility index (Phi) is 5.09. The van der Waals surface area contributed by atoms with E-state index >= 15 is 0 Å². The molecule has 1 fully saturated rings. The van der Waals surface area contributed by atoms with Gasteiger partial charge in [-0.3, -0.25) is 0 Å². The number of nitrogens with one attached hydrogen (secondary N) is 1. The molecule has 1 N–H and O–H groups in total. The average Bonchev–Trinajstić information content (AvgIpc) is 2.45. The summed E-state index contributed by atoms with van der Waals surface area (Å²) in [7, 11) is 2.07. The molecule has 0 bridgehead atoms. The van der Waals surface area contributed by atoms with E-state index in [1.165, 1.54) is 24.2 Å². The highest BCUT2D eigenvalue weighted by atomic mass is 15.2. The van der Waals surface area contributed by atoms with E-state index in [1.807, 2.05) is 0 Å². The van der Waals surface area contributed by atoms with Gasteiger partial charge in [-0.1, -0.05) is 39.0 Å². The Morgan fingerprint density at radius 3 is 2.60 bits per heavy atom. The Morgan fingerprint density at radius 2 is 1.95 bits per heavy atom. The van der Waals surface area contributed by atoms with Crippen molar-refractivity contribution in [3.63, 3.8) is 0 Å². The fourth-order valence-electron chi connectivity index (χ4n) is 3.66. The van der Waals surface area contributed by atoms with Crippen LogP contribution in [0.3, 0.4) is 0 Å². The molecule has 2 heteroatoms. The maximum atomic E-state index is 3.46. The molecule has 4 atom stereocenters. The Bertz CT molecular complexity index is 425. The first-order valence-corrected chi connectivity index (χ1v) is 8.11. The second-order valence-corrected chi connectivity index (χ2v) is 6.52. The van der Waals surface area contributed by atoms with Crippen molar-refractivity contribution in [1.29, 1.82) is 0 Å². The summed E-state index contributed by atoms with van der Waals surface area (Å²) in [6, 6.07) is 10.0. The van der Waals surface area contributed by atoms with Crippen LogP contribution in [0.25, 0.3) is 0 Å². The van der Waals surface area contributed by atoms with Gasteiger partial charge in [0.25, 0.3) is 0 Å². The fraction of sp³-hybridized carbons (Fsp3) is 0.667. The lowest BCUT2D eigenvalue weighted by atomic mass is 9.85. The summed E-state index contributed by atoms with van der Waals surface area (Å²) in [5, 5.41) is 3.46. The van der Waals surface area contributed by atoms with Gasteiger partial charge in [-0.05, 0) is 50.3 Å². The van der Waals surface area contributed by atoms with Crippen molar-refractivity contribution < 1.29 is 0 Å². The van der Waals surface area contributed by atoms with Crippen molar-refractivity contribution >= 4 is 5.69 Å². The van der Waals surface area contributed by atoms with Crippen LogP contribution in [0.1, 0.15) is 52.1 Å². The molecule has 112 valence electrons. The Hall–Kier alpha value is -1.02. The number of piperidine rings is 1. The zero-order valence-electron chi connectivity index (χ0n) is 13.7. The number of para-hydroxylation sites is 1. The summed E-state index contributed by atoms with van der Waals surface area (Å²) in [6.07, 6.45) is 2.48. The SMILES string of the molecule is CCC(NC)c1ccccc1N1CC(C)CC(C)C1C. The van der Waals surface area contributed by atoms with E-state index in [9.17, 15) is 0 Å². The molecular weight excluding hydrogens is 244 g/mol. The largest absolute Gasteiger partial charge is 0.368 e. The molecule has 1 heterocycles. The summed E-state index contributed by atoms with van der Waals surface area (Å²) in [5.74, 6) is 1.55. The highest BCUT2D eigenvalue weighted by molar-refractivity contribution is 5.56. The van der Waals surface area contributed by atoms with E-state index in [2.05, 4.69) is 69.2 Å². The Balaban J connectivity index is 2.36. The monoisotopic (exact) mass is 274 g/mol. The molecule has 20 heavy (non-hydrogen) atoms. The molecule has 0 aliphatic carbocycles. The first kappa shape index (κ1) is 15.4. The topological polar surface area (TPSA) is 15.3 Å². The molecule has 2 rings (SSSR count). The maximum Gasteiger partial charge on any atom is 0.0417 e. The van der Waals surface area contributed by atoms with Crippen molar-refractivity contribution in [1.82, 2.24) is 5.32 Å². The third-order valence-electron chi connectivity index (χ3n) is 4.98. The van der Waals surface area contributed by atoms with Crippen LogP contribution < -0.4 is 10.2 Å². The maximum absolute atomic E-state index is 3.46. The highest BCUT2D eigenvalue weighted by Gasteiger charge is 2.30. The quantitative estimate of drug-likeness (QED) is 0.884. The predicted molar refractivity (Wildman–Crippen MR) is 88.3 cm³/mol. The van der Waals surface area contributed by atoms with Crippen LogP contribution in [-0.4, -0.2) is 19.6 Å². The number of anilines is 1. The molecule has 0 aromatic heterocycles. The van der Waals surface area contributed by atoms with E-state index in [0.717, 1.165) is 18.3 Å². The lowest BCUT2D eigenvalue weighted by molar-refractivity contribution is 0.296. The number of benzene rings is 1. The van der Waals surface area contributed by atoms with Gasteiger partial charge in [-0.2, -0.15) is 0 Å². The average molecular weight is 274 g/mol. The molecule has 1 aromatic carbocycles. The van der Waals surface area contributed by atoms with Gasteiger partial charge in [-0.15, -0.1) is 0 Å².